The van der Waals surface area contributed by atoms with Crippen LogP contribution in [0, 0.1) is 11.3 Å². The number of hydrogen-bond acceptors (Lipinski definition) is 6. The molecule has 2 aromatic rings. The number of hydrogen-bond donors (Lipinski definition) is 1. The molecule has 0 bridgehead atoms. The van der Waals surface area contributed by atoms with Gasteiger partial charge in [-0.1, -0.05) is 0 Å². The first-order valence-electron chi connectivity index (χ1n) is 5.81. The van der Waals surface area contributed by atoms with Gasteiger partial charge in [0, 0.05) is 19.2 Å². The number of H-pyrrole nitrogens is 1. The molecule has 0 aliphatic carbocycles. The molecule has 0 fully saturated rings. The van der Waals surface area contributed by atoms with Gasteiger partial charge in [0.2, 0.25) is 5.95 Å². The van der Waals surface area contributed by atoms with Gasteiger partial charge in [0.25, 0.3) is 5.56 Å². The van der Waals surface area contributed by atoms with Crippen molar-refractivity contribution in [2.45, 2.75) is 13.0 Å². The van der Waals surface area contributed by atoms with Crippen LogP contribution in [0.4, 0.5) is 5.95 Å². The van der Waals surface area contributed by atoms with Crippen LogP contribution in [0.1, 0.15) is 17.0 Å². The minimum absolute atomic E-state index is 0.133. The Balaban J connectivity index is 1.95. The van der Waals surface area contributed by atoms with Gasteiger partial charge in [-0.3, -0.25) is 4.79 Å². The lowest BCUT2D eigenvalue weighted by Gasteiger charge is -2.27. The number of aromatic amines is 1. The molecule has 1 aliphatic rings. The van der Waals surface area contributed by atoms with Crippen molar-refractivity contribution in [1.82, 2.24) is 19.9 Å². The topological polar surface area (TPSA) is 98.6 Å². The smallest absolute Gasteiger partial charge is 0.255 e. The number of anilines is 1. The van der Waals surface area contributed by atoms with Gasteiger partial charge >= 0.3 is 0 Å². The minimum atomic E-state index is -0.133. The van der Waals surface area contributed by atoms with Gasteiger partial charge in [-0.2, -0.15) is 5.26 Å². The Morgan fingerprint density at radius 1 is 1.42 bits per heavy atom. The molecule has 3 heterocycles. The number of rotatable bonds is 1. The first-order valence-corrected chi connectivity index (χ1v) is 5.81. The number of nitriles is 1. The van der Waals surface area contributed by atoms with Crippen molar-refractivity contribution in [3.05, 3.63) is 45.9 Å². The van der Waals surface area contributed by atoms with E-state index in [0.717, 1.165) is 5.69 Å². The summed E-state index contributed by atoms with van der Waals surface area (Å²) >= 11 is 0. The highest BCUT2D eigenvalue weighted by Gasteiger charge is 2.21. The molecule has 0 saturated carbocycles. The van der Waals surface area contributed by atoms with Crippen molar-refractivity contribution >= 4 is 5.95 Å². The highest BCUT2D eigenvalue weighted by atomic mass is 16.1. The van der Waals surface area contributed by atoms with E-state index in [4.69, 9.17) is 5.26 Å². The van der Waals surface area contributed by atoms with E-state index >= 15 is 0 Å². The Morgan fingerprint density at radius 2 is 2.32 bits per heavy atom. The van der Waals surface area contributed by atoms with E-state index in [2.05, 4.69) is 19.9 Å². The normalized spacial score (nSPS) is 13.7. The SMILES string of the molecule is N#Cc1ccnc(N2CCc3nc[nH]c(=O)c3C2)n1. The molecule has 19 heavy (non-hydrogen) atoms. The van der Waals surface area contributed by atoms with Crippen LogP contribution in [-0.2, 0) is 13.0 Å². The quantitative estimate of drug-likeness (QED) is 0.768. The summed E-state index contributed by atoms with van der Waals surface area (Å²) in [5.41, 5.74) is 1.64. The highest BCUT2D eigenvalue weighted by molar-refractivity contribution is 5.38. The Labute approximate surface area is 108 Å². The molecular weight excluding hydrogens is 244 g/mol. The fourth-order valence-corrected chi connectivity index (χ4v) is 2.09. The maximum atomic E-state index is 11.7. The summed E-state index contributed by atoms with van der Waals surface area (Å²) in [5.74, 6) is 0.466. The molecule has 0 amide bonds. The van der Waals surface area contributed by atoms with Crippen LogP contribution in [0.25, 0.3) is 0 Å². The van der Waals surface area contributed by atoms with Gasteiger partial charge in [-0.25, -0.2) is 15.0 Å². The Morgan fingerprint density at radius 3 is 3.16 bits per heavy atom. The molecule has 0 aromatic carbocycles. The predicted molar refractivity (Wildman–Crippen MR) is 66.4 cm³/mol. The summed E-state index contributed by atoms with van der Waals surface area (Å²) in [5, 5.41) is 8.84. The van der Waals surface area contributed by atoms with Crippen LogP contribution >= 0.6 is 0 Å². The largest absolute Gasteiger partial charge is 0.336 e. The fraction of sp³-hybridized carbons (Fsp3) is 0.250. The molecule has 1 aliphatic heterocycles. The molecule has 0 atom stereocenters. The third-order valence-electron chi connectivity index (χ3n) is 3.05. The van der Waals surface area contributed by atoms with E-state index in [1.165, 1.54) is 6.33 Å². The molecule has 2 aromatic heterocycles. The lowest BCUT2D eigenvalue weighted by molar-refractivity contribution is 0.678. The third kappa shape index (κ3) is 2.04. The van der Waals surface area contributed by atoms with Crippen LogP contribution in [0.2, 0.25) is 0 Å². The van der Waals surface area contributed by atoms with Crippen molar-refractivity contribution in [1.29, 1.82) is 5.26 Å². The van der Waals surface area contributed by atoms with E-state index in [-0.39, 0.29) is 5.56 Å². The van der Waals surface area contributed by atoms with Crippen LogP contribution in [0.3, 0.4) is 0 Å². The van der Waals surface area contributed by atoms with E-state index in [9.17, 15) is 4.79 Å². The van der Waals surface area contributed by atoms with Crippen molar-refractivity contribution in [3.8, 4) is 6.07 Å². The van der Waals surface area contributed by atoms with Crippen molar-refractivity contribution in [3.63, 3.8) is 0 Å². The third-order valence-corrected chi connectivity index (χ3v) is 3.05. The van der Waals surface area contributed by atoms with Crippen LogP contribution in [0.15, 0.2) is 23.4 Å². The second kappa shape index (κ2) is 4.49. The van der Waals surface area contributed by atoms with Gasteiger partial charge in [-0.05, 0) is 6.07 Å². The Kier molecular flexibility index (Phi) is 2.68. The summed E-state index contributed by atoms with van der Waals surface area (Å²) in [6.45, 7) is 1.09. The number of nitrogens with zero attached hydrogens (tertiary/aromatic N) is 5. The Hall–Kier alpha value is -2.75. The molecular formula is C12H10N6O. The molecule has 7 heteroatoms. The highest BCUT2D eigenvalue weighted by Crippen LogP contribution is 2.17. The second-order valence-corrected chi connectivity index (χ2v) is 4.18. The summed E-state index contributed by atoms with van der Waals surface area (Å²) < 4.78 is 0. The maximum Gasteiger partial charge on any atom is 0.255 e. The maximum absolute atomic E-state index is 11.7. The molecule has 0 unspecified atom stereocenters. The summed E-state index contributed by atoms with van der Waals surface area (Å²) in [7, 11) is 0. The molecule has 1 N–H and O–H groups in total. The van der Waals surface area contributed by atoms with Gasteiger partial charge in [0.1, 0.15) is 11.8 Å². The molecule has 0 radical (unpaired) electrons. The zero-order chi connectivity index (χ0) is 13.2. The van der Waals surface area contributed by atoms with E-state index < -0.39 is 0 Å². The lowest BCUT2D eigenvalue weighted by Crippen LogP contribution is -2.36. The zero-order valence-electron chi connectivity index (χ0n) is 10.00. The molecule has 0 saturated heterocycles. The van der Waals surface area contributed by atoms with Gasteiger partial charge in [-0.15, -0.1) is 0 Å². The fourth-order valence-electron chi connectivity index (χ4n) is 2.09. The predicted octanol–water partition coefficient (Wildman–Crippen LogP) is -0.00572. The van der Waals surface area contributed by atoms with Gasteiger partial charge < -0.3 is 9.88 Å². The van der Waals surface area contributed by atoms with Crippen molar-refractivity contribution < 1.29 is 0 Å². The van der Waals surface area contributed by atoms with E-state index in [0.29, 0.717) is 36.7 Å². The molecule has 7 nitrogen and oxygen atoms in total. The monoisotopic (exact) mass is 254 g/mol. The summed E-state index contributed by atoms with van der Waals surface area (Å²) in [4.78, 5) is 28.6. The van der Waals surface area contributed by atoms with E-state index in [1.54, 1.807) is 12.3 Å². The van der Waals surface area contributed by atoms with Crippen LogP contribution in [0.5, 0.6) is 0 Å². The number of fused-ring (bicyclic) bond motifs is 1. The standard InChI is InChI=1S/C12H10N6O/c13-5-8-1-3-14-12(17-8)18-4-2-10-9(6-18)11(19)16-7-15-10/h1,3,7H,2,4,6H2,(H,15,16,19). The average Bonchev–Trinajstić information content (AvgIpc) is 2.47. The zero-order valence-corrected chi connectivity index (χ0v) is 10.00. The van der Waals surface area contributed by atoms with E-state index in [1.807, 2.05) is 11.0 Å². The minimum Gasteiger partial charge on any atom is -0.336 e. The first-order chi connectivity index (χ1) is 9.28. The van der Waals surface area contributed by atoms with Crippen LogP contribution in [-0.4, -0.2) is 26.5 Å². The summed E-state index contributed by atoms with van der Waals surface area (Å²) in [6.07, 6.45) is 3.63. The first kappa shape index (κ1) is 11.3. The number of aromatic nitrogens is 4. The number of nitrogens with one attached hydrogen (secondary N) is 1. The van der Waals surface area contributed by atoms with Crippen LogP contribution < -0.4 is 10.5 Å². The molecule has 94 valence electrons. The lowest BCUT2D eigenvalue weighted by atomic mass is 10.1. The summed E-state index contributed by atoms with van der Waals surface area (Å²) in [6, 6.07) is 3.53. The van der Waals surface area contributed by atoms with Crippen molar-refractivity contribution in [2.75, 3.05) is 11.4 Å². The Bertz CT molecular complexity index is 717. The van der Waals surface area contributed by atoms with Crippen molar-refractivity contribution in [2.24, 2.45) is 0 Å². The van der Waals surface area contributed by atoms with Gasteiger partial charge in [0.15, 0.2) is 0 Å². The second-order valence-electron chi connectivity index (χ2n) is 4.18. The molecule has 3 rings (SSSR count). The molecule has 0 spiro atoms. The average molecular weight is 254 g/mol. The van der Waals surface area contributed by atoms with Gasteiger partial charge in [0.05, 0.1) is 24.1 Å².